The van der Waals surface area contributed by atoms with Crippen LogP contribution in [-0.4, -0.2) is 12.5 Å². The lowest BCUT2D eigenvalue weighted by atomic mass is 10.1. The highest BCUT2D eigenvalue weighted by atomic mass is 16.2. The third kappa shape index (κ3) is 3.13. The van der Waals surface area contributed by atoms with Crippen LogP contribution in [0.15, 0.2) is 48.7 Å². The summed E-state index contributed by atoms with van der Waals surface area (Å²) >= 11 is 0. The van der Waals surface area contributed by atoms with Crippen molar-refractivity contribution in [2.45, 2.75) is 33.7 Å². The first kappa shape index (κ1) is 15.2. The quantitative estimate of drug-likeness (QED) is 0.791. The highest BCUT2D eigenvalue weighted by Gasteiger charge is 2.29. The number of aryl methyl sites for hydroxylation is 1. The van der Waals surface area contributed by atoms with Gasteiger partial charge in [0.2, 0.25) is 6.04 Å². The Balaban J connectivity index is 2.31. The van der Waals surface area contributed by atoms with E-state index in [1.807, 2.05) is 65.9 Å². The van der Waals surface area contributed by atoms with Gasteiger partial charge in [-0.1, -0.05) is 18.2 Å². The molecule has 0 unspecified atom stereocenters. The van der Waals surface area contributed by atoms with Gasteiger partial charge in [-0.3, -0.25) is 4.79 Å². The van der Waals surface area contributed by atoms with Gasteiger partial charge in [0.05, 0.1) is 0 Å². The summed E-state index contributed by atoms with van der Waals surface area (Å²) in [7, 11) is 0. The summed E-state index contributed by atoms with van der Waals surface area (Å²) in [5.41, 5.74) is 3.27. The SMILES string of the molecule is CCN(C(=O)[C@H](C)[n+]1cccc(C)c1C)c1ccccc1. The third-order valence-corrected chi connectivity index (χ3v) is 3.98. The minimum atomic E-state index is -0.218. The van der Waals surface area contributed by atoms with Crippen molar-refractivity contribution in [3.8, 4) is 0 Å². The number of para-hydroxylation sites is 1. The van der Waals surface area contributed by atoms with Crippen LogP contribution in [0, 0.1) is 13.8 Å². The lowest BCUT2D eigenvalue weighted by Crippen LogP contribution is -2.50. The van der Waals surface area contributed by atoms with Crippen molar-refractivity contribution in [3.05, 3.63) is 59.9 Å². The maximum atomic E-state index is 12.8. The molecule has 3 nitrogen and oxygen atoms in total. The summed E-state index contributed by atoms with van der Waals surface area (Å²) in [6.07, 6.45) is 1.98. The second-order valence-corrected chi connectivity index (χ2v) is 5.28. The first-order chi connectivity index (χ1) is 10.1. The van der Waals surface area contributed by atoms with Crippen LogP contribution in [0.25, 0.3) is 0 Å². The van der Waals surface area contributed by atoms with Gasteiger partial charge in [-0.2, -0.15) is 4.57 Å². The Morgan fingerprint density at radius 3 is 2.43 bits per heavy atom. The number of nitrogens with zero attached hydrogens (tertiary/aromatic N) is 2. The Morgan fingerprint density at radius 2 is 1.81 bits per heavy atom. The van der Waals surface area contributed by atoms with Gasteiger partial charge in [0.15, 0.2) is 11.9 Å². The summed E-state index contributed by atoms with van der Waals surface area (Å²) in [5, 5.41) is 0. The van der Waals surface area contributed by atoms with Crippen LogP contribution < -0.4 is 9.47 Å². The van der Waals surface area contributed by atoms with Crippen molar-refractivity contribution in [1.29, 1.82) is 0 Å². The Labute approximate surface area is 126 Å². The predicted molar refractivity (Wildman–Crippen MR) is 85.3 cm³/mol. The van der Waals surface area contributed by atoms with E-state index in [9.17, 15) is 4.79 Å². The zero-order valence-electron chi connectivity index (χ0n) is 13.2. The molecule has 1 amide bonds. The highest BCUT2D eigenvalue weighted by Crippen LogP contribution is 2.16. The van der Waals surface area contributed by atoms with E-state index in [-0.39, 0.29) is 11.9 Å². The largest absolute Gasteiger partial charge is 0.307 e. The second kappa shape index (κ2) is 6.53. The number of carbonyl (C=O) groups excluding carboxylic acids is 1. The van der Waals surface area contributed by atoms with Crippen LogP contribution >= 0.6 is 0 Å². The molecule has 0 aliphatic rings. The summed E-state index contributed by atoms with van der Waals surface area (Å²) in [5.74, 6) is 0.113. The van der Waals surface area contributed by atoms with Gasteiger partial charge >= 0.3 is 0 Å². The van der Waals surface area contributed by atoms with E-state index in [4.69, 9.17) is 0 Å². The standard InChI is InChI=1S/C18H23N2O/c1-5-19(17-11-7-6-8-12-17)18(21)16(4)20-13-9-10-14(2)15(20)3/h6-13,16H,5H2,1-4H3/q+1/t16-/m0/s1. The molecule has 1 aromatic heterocycles. The van der Waals surface area contributed by atoms with E-state index in [0.29, 0.717) is 6.54 Å². The average Bonchev–Trinajstić information content (AvgIpc) is 2.51. The van der Waals surface area contributed by atoms with Crippen molar-refractivity contribution in [2.75, 3.05) is 11.4 Å². The molecule has 0 fully saturated rings. The Kier molecular flexibility index (Phi) is 4.73. The summed E-state index contributed by atoms with van der Waals surface area (Å²) in [6, 6.07) is 13.7. The summed E-state index contributed by atoms with van der Waals surface area (Å²) < 4.78 is 2.04. The van der Waals surface area contributed by atoms with Gasteiger partial charge in [0.25, 0.3) is 5.91 Å². The van der Waals surface area contributed by atoms with Crippen molar-refractivity contribution in [3.63, 3.8) is 0 Å². The van der Waals surface area contributed by atoms with E-state index in [1.165, 1.54) is 5.56 Å². The number of rotatable bonds is 4. The van der Waals surface area contributed by atoms with E-state index >= 15 is 0 Å². The average molecular weight is 283 g/mol. The van der Waals surface area contributed by atoms with Crippen molar-refractivity contribution >= 4 is 11.6 Å². The number of benzene rings is 1. The Hall–Kier alpha value is -2.16. The molecule has 0 saturated heterocycles. The van der Waals surface area contributed by atoms with Gasteiger partial charge in [-0.25, -0.2) is 0 Å². The van der Waals surface area contributed by atoms with Crippen molar-refractivity contribution in [2.24, 2.45) is 0 Å². The van der Waals surface area contributed by atoms with E-state index in [2.05, 4.69) is 19.9 Å². The monoisotopic (exact) mass is 283 g/mol. The van der Waals surface area contributed by atoms with Gasteiger partial charge in [-0.05, 0) is 32.0 Å². The number of hydrogen-bond acceptors (Lipinski definition) is 1. The molecule has 0 N–H and O–H groups in total. The molecule has 1 atom stereocenters. The molecule has 3 heteroatoms. The molecule has 1 aromatic carbocycles. The number of anilines is 1. The van der Waals surface area contributed by atoms with Crippen LogP contribution in [0.2, 0.25) is 0 Å². The number of pyridine rings is 1. The van der Waals surface area contributed by atoms with Gasteiger partial charge in [0.1, 0.15) is 0 Å². The van der Waals surface area contributed by atoms with Gasteiger partial charge < -0.3 is 4.90 Å². The molecule has 21 heavy (non-hydrogen) atoms. The zero-order chi connectivity index (χ0) is 15.4. The van der Waals surface area contributed by atoms with Crippen LogP contribution in [0.1, 0.15) is 31.1 Å². The Morgan fingerprint density at radius 1 is 1.14 bits per heavy atom. The summed E-state index contributed by atoms with van der Waals surface area (Å²) in [4.78, 5) is 14.7. The molecular weight excluding hydrogens is 260 g/mol. The molecule has 0 saturated carbocycles. The fourth-order valence-electron chi connectivity index (χ4n) is 2.55. The predicted octanol–water partition coefficient (Wildman–Crippen LogP) is 3.21. The number of hydrogen-bond donors (Lipinski definition) is 0. The van der Waals surface area contributed by atoms with Gasteiger partial charge in [-0.15, -0.1) is 0 Å². The van der Waals surface area contributed by atoms with E-state index in [1.54, 1.807) is 0 Å². The molecular formula is C18H23N2O+. The molecule has 0 radical (unpaired) electrons. The lowest BCUT2D eigenvalue weighted by molar-refractivity contribution is -0.711. The minimum absolute atomic E-state index is 0.113. The topological polar surface area (TPSA) is 24.2 Å². The maximum Gasteiger partial charge on any atom is 0.295 e. The first-order valence-corrected chi connectivity index (χ1v) is 7.40. The fraction of sp³-hybridized carbons (Fsp3) is 0.333. The van der Waals surface area contributed by atoms with Crippen LogP contribution in [-0.2, 0) is 4.79 Å². The van der Waals surface area contributed by atoms with Gasteiger partial charge in [0, 0.05) is 37.7 Å². The van der Waals surface area contributed by atoms with E-state index in [0.717, 1.165) is 11.4 Å². The molecule has 110 valence electrons. The third-order valence-electron chi connectivity index (χ3n) is 3.98. The molecule has 2 rings (SSSR count). The summed E-state index contributed by atoms with van der Waals surface area (Å²) in [6.45, 7) is 8.75. The smallest absolute Gasteiger partial charge is 0.295 e. The van der Waals surface area contributed by atoms with Crippen LogP contribution in [0.3, 0.4) is 0 Å². The molecule has 0 aliphatic heterocycles. The van der Waals surface area contributed by atoms with Crippen molar-refractivity contribution < 1.29 is 9.36 Å². The molecule has 0 bridgehead atoms. The normalized spacial score (nSPS) is 12.0. The van der Waals surface area contributed by atoms with Crippen LogP contribution in [0.5, 0.6) is 0 Å². The molecule has 0 spiro atoms. The zero-order valence-corrected chi connectivity index (χ0v) is 13.2. The maximum absolute atomic E-state index is 12.8. The Bertz CT molecular complexity index is 622. The lowest BCUT2D eigenvalue weighted by Gasteiger charge is -2.22. The van der Waals surface area contributed by atoms with Crippen molar-refractivity contribution in [1.82, 2.24) is 0 Å². The minimum Gasteiger partial charge on any atom is -0.307 e. The highest BCUT2D eigenvalue weighted by molar-refractivity contribution is 5.94. The fourth-order valence-corrected chi connectivity index (χ4v) is 2.55. The number of amides is 1. The molecule has 2 aromatic rings. The first-order valence-electron chi connectivity index (χ1n) is 7.40. The molecule has 1 heterocycles. The van der Waals surface area contributed by atoms with E-state index < -0.39 is 0 Å². The number of likely N-dealkylation sites (N-methyl/N-ethyl adjacent to an activating group) is 1. The number of aromatic nitrogens is 1. The second-order valence-electron chi connectivity index (χ2n) is 5.28. The molecule has 0 aliphatic carbocycles. The van der Waals surface area contributed by atoms with Crippen LogP contribution in [0.4, 0.5) is 5.69 Å². The number of carbonyl (C=O) groups is 1.